The molecule has 0 bridgehead atoms. The third kappa shape index (κ3) is 3.52. The van der Waals surface area contributed by atoms with Crippen LogP contribution in [0, 0.1) is 0 Å². The molecule has 13 heavy (non-hydrogen) atoms. The third-order valence-electron chi connectivity index (χ3n) is 1.38. The summed E-state index contributed by atoms with van der Waals surface area (Å²) in [6.45, 7) is 2.20. The van der Waals surface area contributed by atoms with Gasteiger partial charge in [-0.3, -0.25) is 14.4 Å². The van der Waals surface area contributed by atoms with Gasteiger partial charge in [0.15, 0.2) is 6.54 Å². The summed E-state index contributed by atoms with van der Waals surface area (Å²) in [6.07, 6.45) is 1.84. The SMILES string of the molecule is CCC[N+](NC=O)(NC=O)NC=O. The highest BCUT2D eigenvalue weighted by atomic mass is 16.2. The fraction of sp³-hybridized carbons (Fsp3) is 0.500. The summed E-state index contributed by atoms with van der Waals surface area (Å²) < 4.78 is 0. The lowest BCUT2D eigenvalue weighted by molar-refractivity contribution is -1.02. The highest BCUT2D eigenvalue weighted by molar-refractivity contribution is 5.48. The van der Waals surface area contributed by atoms with Crippen molar-refractivity contribution in [3.63, 3.8) is 0 Å². The predicted molar refractivity (Wildman–Crippen MR) is 43.0 cm³/mol. The maximum absolute atomic E-state index is 10.2. The van der Waals surface area contributed by atoms with Gasteiger partial charge in [0.2, 0.25) is 0 Å². The molecule has 0 aromatic carbocycles. The Morgan fingerprint density at radius 2 is 1.38 bits per heavy atom. The summed E-state index contributed by atoms with van der Waals surface area (Å²) >= 11 is 0. The Kier molecular flexibility index (Phi) is 5.20. The summed E-state index contributed by atoms with van der Waals surface area (Å²) in [6, 6.07) is 0. The molecule has 0 aliphatic rings. The van der Waals surface area contributed by atoms with Gasteiger partial charge in [-0.25, -0.2) is 0 Å². The number of quaternary nitrogens is 1. The number of carbonyl (C=O) groups is 3. The minimum absolute atomic E-state index is 0.357. The molecule has 0 aliphatic carbocycles. The molecule has 74 valence electrons. The van der Waals surface area contributed by atoms with Crippen LogP contribution in [0.15, 0.2) is 0 Å². The number of hydrogen-bond donors (Lipinski definition) is 3. The lowest BCUT2D eigenvalue weighted by Gasteiger charge is -2.30. The Labute approximate surface area is 75.6 Å². The van der Waals surface area contributed by atoms with Gasteiger partial charge < -0.3 is 0 Å². The Balaban J connectivity index is 4.44. The van der Waals surface area contributed by atoms with Crippen LogP contribution in [0.25, 0.3) is 0 Å². The smallest absolute Gasteiger partial charge is 0.257 e. The molecule has 0 atom stereocenters. The van der Waals surface area contributed by atoms with E-state index in [-0.39, 0.29) is 0 Å². The first-order valence-corrected chi connectivity index (χ1v) is 3.77. The molecule has 0 rings (SSSR count). The average molecular weight is 189 g/mol. The van der Waals surface area contributed by atoms with Gasteiger partial charge in [-0.2, -0.15) is 16.3 Å². The van der Waals surface area contributed by atoms with Gasteiger partial charge in [-0.15, -0.1) is 0 Å². The molecule has 0 spiro atoms. The first-order valence-electron chi connectivity index (χ1n) is 3.77. The highest BCUT2D eigenvalue weighted by Crippen LogP contribution is 1.90. The summed E-state index contributed by atoms with van der Waals surface area (Å²) in [5.41, 5.74) is 6.81. The molecule has 0 unspecified atom stereocenters. The van der Waals surface area contributed by atoms with Crippen LogP contribution in [-0.2, 0) is 14.4 Å². The Morgan fingerprint density at radius 3 is 1.62 bits per heavy atom. The first kappa shape index (κ1) is 11.4. The van der Waals surface area contributed by atoms with Crippen molar-refractivity contribution in [2.24, 2.45) is 0 Å². The van der Waals surface area contributed by atoms with Crippen LogP contribution in [0.1, 0.15) is 13.3 Å². The number of amides is 3. The molecule has 0 aromatic heterocycles. The van der Waals surface area contributed by atoms with E-state index in [4.69, 9.17) is 0 Å². The van der Waals surface area contributed by atoms with Crippen molar-refractivity contribution in [1.29, 1.82) is 0 Å². The maximum atomic E-state index is 10.2. The van der Waals surface area contributed by atoms with Crippen molar-refractivity contribution in [3.05, 3.63) is 0 Å². The van der Waals surface area contributed by atoms with E-state index in [9.17, 15) is 14.4 Å². The van der Waals surface area contributed by atoms with Crippen LogP contribution in [0.4, 0.5) is 0 Å². The van der Waals surface area contributed by atoms with Crippen molar-refractivity contribution < 1.29 is 19.2 Å². The van der Waals surface area contributed by atoms with E-state index in [2.05, 4.69) is 16.3 Å². The zero-order valence-corrected chi connectivity index (χ0v) is 7.32. The molecule has 3 amide bonds. The largest absolute Gasteiger partial charge is 0.274 e. The molecule has 0 aromatic rings. The van der Waals surface area contributed by atoms with Crippen LogP contribution >= 0.6 is 0 Å². The summed E-state index contributed by atoms with van der Waals surface area (Å²) in [4.78, 5) is 30.1. The molecule has 3 N–H and O–H groups in total. The number of nitrogens with one attached hydrogen (secondary N) is 3. The number of rotatable bonds is 8. The zero-order valence-electron chi connectivity index (χ0n) is 7.32. The summed E-state index contributed by atoms with van der Waals surface area (Å²) in [5.74, 6) is 0. The maximum Gasteiger partial charge on any atom is 0.257 e. The van der Waals surface area contributed by atoms with Crippen molar-refractivity contribution in [3.8, 4) is 0 Å². The molecule has 0 fully saturated rings. The van der Waals surface area contributed by atoms with Crippen LogP contribution < -0.4 is 16.3 Å². The second-order valence-electron chi connectivity index (χ2n) is 2.27. The van der Waals surface area contributed by atoms with Crippen LogP contribution in [0.5, 0.6) is 0 Å². The van der Waals surface area contributed by atoms with E-state index in [0.717, 1.165) is 0 Å². The average Bonchev–Trinajstić information content (AvgIpc) is 2.06. The van der Waals surface area contributed by atoms with E-state index in [1.165, 1.54) is 0 Å². The molecular weight excluding hydrogens is 176 g/mol. The number of carbonyl (C=O) groups excluding carboxylic acids is 3. The Hall–Kier alpha value is -1.63. The van der Waals surface area contributed by atoms with Crippen molar-refractivity contribution in [2.75, 3.05) is 6.54 Å². The minimum Gasteiger partial charge on any atom is -0.274 e. The van der Waals surface area contributed by atoms with E-state index in [1.54, 1.807) is 0 Å². The third-order valence-corrected chi connectivity index (χ3v) is 1.38. The van der Waals surface area contributed by atoms with E-state index in [0.29, 0.717) is 32.2 Å². The molecule has 0 saturated heterocycles. The molecule has 7 nitrogen and oxygen atoms in total. The van der Waals surface area contributed by atoms with Crippen LogP contribution in [-0.4, -0.2) is 30.6 Å². The monoisotopic (exact) mass is 189 g/mol. The second kappa shape index (κ2) is 5.95. The molecular formula is C6H13N4O3+. The van der Waals surface area contributed by atoms with E-state index >= 15 is 0 Å². The zero-order chi connectivity index (χ0) is 10.2. The first-order chi connectivity index (χ1) is 6.24. The van der Waals surface area contributed by atoms with Crippen molar-refractivity contribution in [2.45, 2.75) is 13.3 Å². The second-order valence-corrected chi connectivity index (χ2v) is 2.27. The molecule has 0 radical (unpaired) electrons. The lowest BCUT2D eigenvalue weighted by Crippen LogP contribution is -2.72. The number of hydrogen-bond acceptors (Lipinski definition) is 3. The van der Waals surface area contributed by atoms with Gasteiger partial charge in [0.25, 0.3) is 19.2 Å². The Bertz CT molecular complexity index is 158. The van der Waals surface area contributed by atoms with E-state index in [1.807, 2.05) is 6.92 Å². The van der Waals surface area contributed by atoms with Crippen molar-refractivity contribution >= 4 is 19.2 Å². The van der Waals surface area contributed by atoms with Crippen LogP contribution in [0.3, 0.4) is 0 Å². The van der Waals surface area contributed by atoms with E-state index < -0.39 is 4.81 Å². The van der Waals surface area contributed by atoms with Gasteiger partial charge in [0.1, 0.15) is 0 Å². The van der Waals surface area contributed by atoms with Gasteiger partial charge >= 0.3 is 0 Å². The van der Waals surface area contributed by atoms with Crippen LogP contribution in [0.2, 0.25) is 0 Å². The van der Waals surface area contributed by atoms with Gasteiger partial charge in [-0.1, -0.05) is 6.92 Å². The Morgan fingerprint density at radius 1 is 1.00 bits per heavy atom. The van der Waals surface area contributed by atoms with Crippen molar-refractivity contribution in [1.82, 2.24) is 16.3 Å². The molecule has 0 aliphatic heterocycles. The summed E-state index contributed by atoms with van der Waals surface area (Å²) in [7, 11) is 0. The fourth-order valence-corrected chi connectivity index (χ4v) is 0.911. The van der Waals surface area contributed by atoms with Gasteiger partial charge in [-0.05, 0) is 4.81 Å². The quantitative estimate of drug-likeness (QED) is 0.239. The lowest BCUT2D eigenvalue weighted by atomic mass is 10.5. The fourth-order valence-electron chi connectivity index (χ4n) is 0.911. The topological polar surface area (TPSA) is 87.3 Å². The minimum atomic E-state index is -0.479. The predicted octanol–water partition coefficient (Wildman–Crippen LogP) is -1.80. The van der Waals surface area contributed by atoms with Gasteiger partial charge in [0, 0.05) is 6.42 Å². The molecule has 0 heterocycles. The number of nitrogens with zero attached hydrogens (tertiary/aromatic N) is 1. The normalized spacial score (nSPS) is 9.92. The van der Waals surface area contributed by atoms with Gasteiger partial charge in [0.05, 0.1) is 0 Å². The highest BCUT2D eigenvalue weighted by Gasteiger charge is 2.25. The molecule has 7 heteroatoms. The molecule has 0 saturated carbocycles. The summed E-state index contributed by atoms with van der Waals surface area (Å²) in [5, 5.41) is 0. The standard InChI is InChI=1S/C6H12N4O3/c1-2-3-10(7-4-11,8-5-12)9-6-13/h4-6H,2-3H2,1H3,(H2-,7,8,9,11,12,13)/p+1.